The number of nitrogens with zero attached hydrogens (tertiary/aromatic N) is 3. The summed E-state index contributed by atoms with van der Waals surface area (Å²) in [5.41, 5.74) is 3.35. The molecule has 0 aliphatic heterocycles. The van der Waals surface area contributed by atoms with Gasteiger partial charge in [-0.3, -0.25) is 4.79 Å². The molecule has 1 amide bonds. The second-order valence-electron chi connectivity index (χ2n) is 5.03. The quantitative estimate of drug-likeness (QED) is 0.803. The lowest BCUT2D eigenvalue weighted by Crippen LogP contribution is -2.23. The maximum atomic E-state index is 12.1. The van der Waals surface area contributed by atoms with Crippen LogP contribution < -0.4 is 5.32 Å². The highest BCUT2D eigenvalue weighted by Crippen LogP contribution is 2.06. The van der Waals surface area contributed by atoms with Crippen LogP contribution in [-0.4, -0.2) is 20.9 Å². The molecule has 0 unspecified atom stereocenters. The average Bonchev–Trinajstić information content (AvgIpc) is 3.04. The third-order valence-electron chi connectivity index (χ3n) is 3.25. The van der Waals surface area contributed by atoms with Crippen LogP contribution in [0.1, 0.15) is 21.6 Å². The maximum Gasteiger partial charge on any atom is 0.273 e. The highest BCUT2D eigenvalue weighted by molar-refractivity contribution is 5.91. The number of amides is 1. The zero-order valence-corrected chi connectivity index (χ0v) is 12.2. The SMILES string of the molecule is Cc1cccc(CNC(=O)c2cnn(-c3ccccc3)n2)c1. The summed E-state index contributed by atoms with van der Waals surface area (Å²) in [6.45, 7) is 2.50. The van der Waals surface area contributed by atoms with Gasteiger partial charge in [-0.25, -0.2) is 0 Å². The number of nitrogens with one attached hydrogen (secondary N) is 1. The molecule has 5 heteroatoms. The Morgan fingerprint density at radius 3 is 2.73 bits per heavy atom. The van der Waals surface area contributed by atoms with E-state index in [0.717, 1.165) is 11.3 Å². The van der Waals surface area contributed by atoms with Crippen molar-refractivity contribution in [3.05, 3.63) is 77.6 Å². The van der Waals surface area contributed by atoms with Crippen molar-refractivity contribution in [1.29, 1.82) is 0 Å². The van der Waals surface area contributed by atoms with Crippen molar-refractivity contribution in [3.8, 4) is 5.69 Å². The van der Waals surface area contributed by atoms with Gasteiger partial charge in [-0.05, 0) is 24.6 Å². The third-order valence-corrected chi connectivity index (χ3v) is 3.25. The Morgan fingerprint density at radius 2 is 1.95 bits per heavy atom. The van der Waals surface area contributed by atoms with E-state index in [4.69, 9.17) is 0 Å². The van der Waals surface area contributed by atoms with Crippen LogP contribution >= 0.6 is 0 Å². The van der Waals surface area contributed by atoms with Crippen LogP contribution in [0.4, 0.5) is 0 Å². The minimum absolute atomic E-state index is 0.233. The van der Waals surface area contributed by atoms with Gasteiger partial charge in [0.1, 0.15) is 0 Å². The Kier molecular flexibility index (Phi) is 3.96. The van der Waals surface area contributed by atoms with Gasteiger partial charge in [-0.1, -0.05) is 48.0 Å². The van der Waals surface area contributed by atoms with E-state index in [1.165, 1.54) is 16.6 Å². The predicted octanol–water partition coefficient (Wildman–Crippen LogP) is 2.51. The zero-order valence-electron chi connectivity index (χ0n) is 12.2. The van der Waals surface area contributed by atoms with Crippen LogP contribution in [0.2, 0.25) is 0 Å². The fourth-order valence-electron chi connectivity index (χ4n) is 2.15. The summed E-state index contributed by atoms with van der Waals surface area (Å²) in [5.74, 6) is -0.233. The van der Waals surface area contributed by atoms with Crippen molar-refractivity contribution in [2.45, 2.75) is 13.5 Å². The summed E-state index contributed by atoms with van der Waals surface area (Å²) in [7, 11) is 0. The molecule has 0 fully saturated rings. The molecule has 0 saturated heterocycles. The molecule has 1 N–H and O–H groups in total. The molecular formula is C17H16N4O. The lowest BCUT2D eigenvalue weighted by atomic mass is 10.1. The molecule has 5 nitrogen and oxygen atoms in total. The van der Waals surface area contributed by atoms with Gasteiger partial charge in [0.15, 0.2) is 5.69 Å². The first kappa shape index (κ1) is 14.0. The minimum Gasteiger partial charge on any atom is -0.347 e. The summed E-state index contributed by atoms with van der Waals surface area (Å²) in [6.07, 6.45) is 1.47. The van der Waals surface area contributed by atoms with Gasteiger partial charge in [0.05, 0.1) is 11.9 Å². The molecule has 1 heterocycles. The molecule has 0 radical (unpaired) electrons. The van der Waals surface area contributed by atoms with Crippen LogP contribution in [0.15, 0.2) is 60.8 Å². The number of carbonyl (C=O) groups is 1. The summed E-state index contributed by atoms with van der Waals surface area (Å²) in [4.78, 5) is 13.6. The van der Waals surface area contributed by atoms with E-state index in [2.05, 4.69) is 15.5 Å². The monoisotopic (exact) mass is 292 g/mol. The number of para-hydroxylation sites is 1. The Balaban J connectivity index is 1.67. The van der Waals surface area contributed by atoms with E-state index in [0.29, 0.717) is 12.2 Å². The second kappa shape index (κ2) is 6.22. The molecule has 2 aromatic carbocycles. The van der Waals surface area contributed by atoms with E-state index >= 15 is 0 Å². The topological polar surface area (TPSA) is 59.8 Å². The highest BCUT2D eigenvalue weighted by Gasteiger charge is 2.11. The van der Waals surface area contributed by atoms with Gasteiger partial charge in [-0.15, -0.1) is 5.10 Å². The fourth-order valence-corrected chi connectivity index (χ4v) is 2.15. The molecule has 0 bridgehead atoms. The Bertz CT molecular complexity index is 780. The van der Waals surface area contributed by atoms with Crippen molar-refractivity contribution < 1.29 is 4.79 Å². The van der Waals surface area contributed by atoms with Gasteiger partial charge >= 0.3 is 0 Å². The lowest BCUT2D eigenvalue weighted by Gasteiger charge is -2.04. The Labute approximate surface area is 128 Å². The van der Waals surface area contributed by atoms with Gasteiger partial charge in [-0.2, -0.15) is 9.90 Å². The molecule has 3 aromatic rings. The van der Waals surface area contributed by atoms with E-state index in [9.17, 15) is 4.79 Å². The summed E-state index contributed by atoms with van der Waals surface area (Å²) < 4.78 is 0. The second-order valence-corrected chi connectivity index (χ2v) is 5.03. The number of aromatic nitrogens is 3. The van der Waals surface area contributed by atoms with Gasteiger partial charge in [0.2, 0.25) is 0 Å². The van der Waals surface area contributed by atoms with Gasteiger partial charge < -0.3 is 5.32 Å². The van der Waals surface area contributed by atoms with Crippen molar-refractivity contribution in [2.24, 2.45) is 0 Å². The standard InChI is InChI=1S/C17H16N4O/c1-13-6-5-7-14(10-13)11-18-17(22)16-12-19-21(20-16)15-8-3-2-4-9-15/h2-10,12H,11H2,1H3,(H,18,22). The third kappa shape index (κ3) is 3.20. The van der Waals surface area contributed by atoms with E-state index in [1.54, 1.807) is 0 Å². The number of hydrogen-bond donors (Lipinski definition) is 1. The predicted molar refractivity (Wildman–Crippen MR) is 83.7 cm³/mol. The first-order valence-electron chi connectivity index (χ1n) is 7.04. The molecule has 0 saturated carbocycles. The van der Waals surface area contributed by atoms with Crippen LogP contribution in [0.5, 0.6) is 0 Å². The first-order chi connectivity index (χ1) is 10.7. The van der Waals surface area contributed by atoms with Crippen molar-refractivity contribution >= 4 is 5.91 Å². The number of benzene rings is 2. The summed E-state index contributed by atoms with van der Waals surface area (Å²) in [5, 5.41) is 11.2. The van der Waals surface area contributed by atoms with Crippen molar-refractivity contribution in [2.75, 3.05) is 0 Å². The van der Waals surface area contributed by atoms with Crippen LogP contribution in [0.3, 0.4) is 0 Å². The van der Waals surface area contributed by atoms with E-state index < -0.39 is 0 Å². The number of aryl methyl sites for hydroxylation is 1. The largest absolute Gasteiger partial charge is 0.347 e. The normalized spacial score (nSPS) is 10.4. The average molecular weight is 292 g/mol. The van der Waals surface area contributed by atoms with Gasteiger partial charge in [0.25, 0.3) is 5.91 Å². The number of hydrogen-bond acceptors (Lipinski definition) is 3. The maximum absolute atomic E-state index is 12.1. The highest BCUT2D eigenvalue weighted by atomic mass is 16.2. The summed E-state index contributed by atoms with van der Waals surface area (Å²) in [6, 6.07) is 17.5. The molecule has 110 valence electrons. The van der Waals surface area contributed by atoms with Gasteiger partial charge in [0, 0.05) is 6.54 Å². The molecule has 0 atom stereocenters. The molecule has 1 aromatic heterocycles. The first-order valence-corrected chi connectivity index (χ1v) is 7.04. The molecule has 3 rings (SSSR count). The smallest absolute Gasteiger partial charge is 0.273 e. The van der Waals surface area contributed by atoms with E-state index in [1.807, 2.05) is 61.5 Å². The Morgan fingerprint density at radius 1 is 1.14 bits per heavy atom. The number of rotatable bonds is 4. The Hall–Kier alpha value is -2.95. The molecular weight excluding hydrogens is 276 g/mol. The zero-order chi connectivity index (χ0) is 15.4. The lowest BCUT2D eigenvalue weighted by molar-refractivity contribution is 0.0945. The minimum atomic E-state index is -0.233. The van der Waals surface area contributed by atoms with E-state index in [-0.39, 0.29) is 5.91 Å². The molecule has 0 spiro atoms. The summed E-state index contributed by atoms with van der Waals surface area (Å²) >= 11 is 0. The van der Waals surface area contributed by atoms with Crippen LogP contribution in [0, 0.1) is 6.92 Å². The fraction of sp³-hybridized carbons (Fsp3) is 0.118. The van der Waals surface area contributed by atoms with Crippen LogP contribution in [0.25, 0.3) is 5.69 Å². The van der Waals surface area contributed by atoms with Crippen molar-refractivity contribution in [3.63, 3.8) is 0 Å². The van der Waals surface area contributed by atoms with Crippen LogP contribution in [-0.2, 0) is 6.54 Å². The molecule has 0 aliphatic rings. The molecule has 22 heavy (non-hydrogen) atoms. The number of carbonyl (C=O) groups excluding carboxylic acids is 1. The molecule has 0 aliphatic carbocycles. The van der Waals surface area contributed by atoms with Crippen molar-refractivity contribution in [1.82, 2.24) is 20.3 Å².